The molecule has 0 radical (unpaired) electrons. The molecule has 0 atom stereocenters. The monoisotopic (exact) mass is 422 g/mol. The van der Waals surface area contributed by atoms with E-state index in [9.17, 15) is 4.79 Å². The highest BCUT2D eigenvalue weighted by Crippen LogP contribution is 2.30. The van der Waals surface area contributed by atoms with Crippen LogP contribution < -0.4 is 25.4 Å². The number of hydrogen-bond acceptors (Lipinski definition) is 5. The summed E-state index contributed by atoms with van der Waals surface area (Å²) < 4.78 is 16.0. The van der Waals surface area contributed by atoms with Crippen molar-refractivity contribution in [2.45, 2.75) is 13.5 Å². The van der Waals surface area contributed by atoms with E-state index in [2.05, 4.69) is 20.9 Å². The molecular formula is C23H26N4O4. The van der Waals surface area contributed by atoms with Gasteiger partial charge in [-0.3, -0.25) is 9.79 Å². The lowest BCUT2D eigenvalue weighted by Crippen LogP contribution is -2.30. The first-order chi connectivity index (χ1) is 15.1. The van der Waals surface area contributed by atoms with Crippen LogP contribution >= 0.6 is 0 Å². The van der Waals surface area contributed by atoms with Gasteiger partial charge in [-0.05, 0) is 48.9 Å². The van der Waals surface area contributed by atoms with Crippen LogP contribution in [0.1, 0.15) is 23.0 Å². The molecular weight excluding hydrogens is 396 g/mol. The summed E-state index contributed by atoms with van der Waals surface area (Å²) in [7, 11) is 3.31. The van der Waals surface area contributed by atoms with Gasteiger partial charge in [-0.2, -0.15) is 0 Å². The van der Waals surface area contributed by atoms with E-state index in [4.69, 9.17) is 13.9 Å². The van der Waals surface area contributed by atoms with Gasteiger partial charge in [0.25, 0.3) is 5.91 Å². The fourth-order valence-electron chi connectivity index (χ4n) is 2.83. The molecule has 0 aliphatic heterocycles. The predicted octanol–water partition coefficient (Wildman–Crippen LogP) is 4.13. The van der Waals surface area contributed by atoms with Crippen LogP contribution in [0.2, 0.25) is 0 Å². The molecule has 1 heterocycles. The first kappa shape index (κ1) is 21.8. The largest absolute Gasteiger partial charge is 0.493 e. The lowest BCUT2D eigenvalue weighted by molar-refractivity contribution is 0.0996. The molecule has 3 rings (SSSR count). The molecule has 0 spiro atoms. The molecule has 0 unspecified atom stereocenters. The third-order valence-electron chi connectivity index (χ3n) is 4.37. The van der Waals surface area contributed by atoms with Gasteiger partial charge in [0.05, 0.1) is 20.0 Å². The normalized spacial score (nSPS) is 11.0. The van der Waals surface area contributed by atoms with Crippen molar-refractivity contribution in [3.8, 4) is 11.5 Å². The molecule has 0 bridgehead atoms. The zero-order chi connectivity index (χ0) is 22.1. The number of benzene rings is 2. The summed E-state index contributed by atoms with van der Waals surface area (Å²) in [5, 5.41) is 9.28. The highest BCUT2D eigenvalue weighted by atomic mass is 16.5. The number of hydrogen-bond donors (Lipinski definition) is 3. The van der Waals surface area contributed by atoms with Crippen LogP contribution in [0, 0.1) is 0 Å². The topological polar surface area (TPSA) is 97.1 Å². The summed E-state index contributed by atoms with van der Waals surface area (Å²) >= 11 is 0. The van der Waals surface area contributed by atoms with E-state index in [0.29, 0.717) is 36.3 Å². The lowest BCUT2D eigenvalue weighted by Gasteiger charge is -2.15. The lowest BCUT2D eigenvalue weighted by atomic mass is 10.2. The molecule has 0 aliphatic rings. The van der Waals surface area contributed by atoms with Gasteiger partial charge in [0.2, 0.25) is 0 Å². The van der Waals surface area contributed by atoms with Crippen molar-refractivity contribution >= 4 is 23.2 Å². The smallest absolute Gasteiger partial charge is 0.291 e. The number of guanidine groups is 1. The first-order valence-corrected chi connectivity index (χ1v) is 9.85. The number of aliphatic imine (C=N–C) groups is 1. The number of carbonyl (C=O) groups excluding carboxylic acids is 1. The maximum Gasteiger partial charge on any atom is 0.291 e. The molecule has 3 N–H and O–H groups in total. The summed E-state index contributed by atoms with van der Waals surface area (Å²) in [6.07, 6.45) is 1.47. The average molecular weight is 422 g/mol. The third-order valence-corrected chi connectivity index (χ3v) is 4.37. The zero-order valence-electron chi connectivity index (χ0n) is 17.8. The van der Waals surface area contributed by atoms with E-state index < -0.39 is 0 Å². The van der Waals surface area contributed by atoms with Crippen molar-refractivity contribution in [2.75, 3.05) is 31.4 Å². The molecule has 162 valence electrons. The Labute approximate surface area is 181 Å². The number of nitrogens with zero attached hydrogens (tertiary/aromatic N) is 1. The van der Waals surface area contributed by atoms with E-state index in [-0.39, 0.29) is 11.7 Å². The molecule has 8 nitrogen and oxygen atoms in total. The van der Waals surface area contributed by atoms with Gasteiger partial charge in [-0.15, -0.1) is 0 Å². The Balaban J connectivity index is 1.55. The van der Waals surface area contributed by atoms with Gasteiger partial charge in [0.15, 0.2) is 23.2 Å². The first-order valence-electron chi connectivity index (χ1n) is 9.85. The van der Waals surface area contributed by atoms with Crippen LogP contribution in [0.4, 0.5) is 11.4 Å². The minimum Gasteiger partial charge on any atom is -0.493 e. The van der Waals surface area contributed by atoms with Gasteiger partial charge in [0.1, 0.15) is 0 Å². The Morgan fingerprint density at radius 2 is 1.81 bits per heavy atom. The average Bonchev–Trinajstić information content (AvgIpc) is 3.34. The third kappa shape index (κ3) is 6.02. The zero-order valence-corrected chi connectivity index (χ0v) is 17.8. The maximum absolute atomic E-state index is 12.0. The molecule has 0 fully saturated rings. The summed E-state index contributed by atoms with van der Waals surface area (Å²) in [5.41, 5.74) is 2.54. The number of rotatable bonds is 8. The summed E-state index contributed by atoms with van der Waals surface area (Å²) in [6, 6.07) is 16.4. The standard InChI is InChI=1S/C23H26N4O4/c1-4-30-19-12-11-18(14-21(19)29-3)27-23(24-2)25-15-16-7-9-17(10-8-16)26-22(28)20-6-5-13-31-20/h5-14H,4,15H2,1-3H3,(H,26,28)(H2,24,25,27). The molecule has 1 amide bonds. The van der Waals surface area contributed by atoms with Crippen LogP contribution in [0.25, 0.3) is 0 Å². The van der Waals surface area contributed by atoms with E-state index in [1.54, 1.807) is 26.3 Å². The van der Waals surface area contributed by atoms with Gasteiger partial charge < -0.3 is 29.8 Å². The van der Waals surface area contributed by atoms with Crippen LogP contribution in [0.3, 0.4) is 0 Å². The Kier molecular flexibility index (Phi) is 7.53. The van der Waals surface area contributed by atoms with Gasteiger partial charge >= 0.3 is 0 Å². The number of ether oxygens (including phenoxy) is 2. The number of methoxy groups -OCH3 is 1. The summed E-state index contributed by atoms with van der Waals surface area (Å²) in [5.74, 6) is 1.94. The minimum atomic E-state index is -0.286. The second-order valence-corrected chi connectivity index (χ2v) is 6.48. The van der Waals surface area contributed by atoms with Crippen LogP contribution in [-0.4, -0.2) is 32.6 Å². The molecule has 31 heavy (non-hydrogen) atoms. The number of carbonyl (C=O) groups is 1. The number of furan rings is 1. The molecule has 8 heteroatoms. The molecule has 3 aromatic rings. The highest BCUT2D eigenvalue weighted by molar-refractivity contribution is 6.02. The summed E-state index contributed by atoms with van der Waals surface area (Å²) in [4.78, 5) is 16.3. The van der Waals surface area contributed by atoms with E-state index in [0.717, 1.165) is 11.3 Å². The quantitative estimate of drug-likeness (QED) is 0.373. The second kappa shape index (κ2) is 10.7. The Bertz CT molecular complexity index is 1010. The van der Waals surface area contributed by atoms with Crippen molar-refractivity contribution in [1.82, 2.24) is 5.32 Å². The fourth-order valence-corrected chi connectivity index (χ4v) is 2.83. The van der Waals surface area contributed by atoms with E-state index >= 15 is 0 Å². The molecule has 2 aromatic carbocycles. The van der Waals surface area contributed by atoms with Crippen molar-refractivity contribution in [3.63, 3.8) is 0 Å². The van der Waals surface area contributed by atoms with Crippen LogP contribution in [0.15, 0.2) is 70.3 Å². The highest BCUT2D eigenvalue weighted by Gasteiger charge is 2.09. The van der Waals surface area contributed by atoms with E-state index in [1.807, 2.05) is 49.4 Å². The minimum absolute atomic E-state index is 0.270. The van der Waals surface area contributed by atoms with Crippen molar-refractivity contribution in [1.29, 1.82) is 0 Å². The Morgan fingerprint density at radius 1 is 1.03 bits per heavy atom. The van der Waals surface area contributed by atoms with E-state index in [1.165, 1.54) is 6.26 Å². The van der Waals surface area contributed by atoms with Gasteiger partial charge in [0, 0.05) is 31.0 Å². The number of anilines is 2. The molecule has 0 saturated heterocycles. The SMILES string of the molecule is CCOc1ccc(NC(=NC)NCc2ccc(NC(=O)c3ccco3)cc2)cc1OC. The van der Waals surface area contributed by atoms with Crippen molar-refractivity contribution in [3.05, 3.63) is 72.2 Å². The maximum atomic E-state index is 12.0. The number of nitrogens with one attached hydrogen (secondary N) is 3. The van der Waals surface area contributed by atoms with Gasteiger partial charge in [-0.1, -0.05) is 12.1 Å². The second-order valence-electron chi connectivity index (χ2n) is 6.48. The molecule has 1 aromatic heterocycles. The fraction of sp³-hybridized carbons (Fsp3) is 0.217. The van der Waals surface area contributed by atoms with Gasteiger partial charge in [-0.25, -0.2) is 0 Å². The summed E-state index contributed by atoms with van der Waals surface area (Å²) in [6.45, 7) is 3.05. The Hall–Kier alpha value is -3.94. The molecule has 0 aliphatic carbocycles. The van der Waals surface area contributed by atoms with Crippen LogP contribution in [-0.2, 0) is 6.54 Å². The molecule has 0 saturated carbocycles. The van der Waals surface area contributed by atoms with Crippen molar-refractivity contribution in [2.24, 2.45) is 4.99 Å². The van der Waals surface area contributed by atoms with Crippen molar-refractivity contribution < 1.29 is 18.7 Å². The predicted molar refractivity (Wildman–Crippen MR) is 121 cm³/mol. The van der Waals surface area contributed by atoms with Crippen LogP contribution in [0.5, 0.6) is 11.5 Å². The number of amides is 1. The Morgan fingerprint density at radius 3 is 2.45 bits per heavy atom.